The summed E-state index contributed by atoms with van der Waals surface area (Å²) >= 11 is 0. The maximum Gasteiger partial charge on any atom is 0.413 e. The molecule has 1 saturated heterocycles. The van der Waals surface area contributed by atoms with Gasteiger partial charge >= 0.3 is 6.09 Å². The van der Waals surface area contributed by atoms with E-state index in [0.717, 1.165) is 25.2 Å². The van der Waals surface area contributed by atoms with Crippen LogP contribution in [-0.2, 0) is 9.53 Å². The van der Waals surface area contributed by atoms with Crippen LogP contribution >= 0.6 is 0 Å². The zero-order chi connectivity index (χ0) is 18.4. The second kappa shape index (κ2) is 8.00. The Morgan fingerprint density at radius 2 is 2.16 bits per heavy atom. The molecule has 1 aliphatic rings. The maximum absolute atomic E-state index is 11.9. The summed E-state index contributed by atoms with van der Waals surface area (Å²) in [7, 11) is 0. The van der Waals surface area contributed by atoms with Crippen LogP contribution in [0.15, 0.2) is 30.9 Å². The average Bonchev–Trinajstić information content (AvgIpc) is 2.53. The number of aromatic nitrogens is 1. The molecule has 0 spiro atoms. The normalized spacial score (nSPS) is 17.6. The average molecular weight is 346 g/mol. The van der Waals surface area contributed by atoms with E-state index >= 15 is 0 Å². The summed E-state index contributed by atoms with van der Waals surface area (Å²) in [6.07, 6.45) is 2.62. The minimum atomic E-state index is -0.564. The van der Waals surface area contributed by atoms with E-state index in [9.17, 15) is 9.59 Å². The first kappa shape index (κ1) is 18.8. The third kappa shape index (κ3) is 6.10. The van der Waals surface area contributed by atoms with Gasteiger partial charge in [-0.3, -0.25) is 10.1 Å². The van der Waals surface area contributed by atoms with Gasteiger partial charge in [-0.25, -0.2) is 9.78 Å². The molecule has 1 aliphatic heterocycles. The standard InChI is InChI=1S/C18H26N4O3/c1-5-16(23)19-13-8-7-11-22(12-13)15-10-6-9-14(20-15)21-17(24)25-18(2,3)4/h5-6,9-10,13H,1,7-8,11-12H2,2-4H3,(H,19,23)(H,20,21,24). The minimum absolute atomic E-state index is 0.0588. The van der Waals surface area contributed by atoms with Gasteiger partial charge in [-0.2, -0.15) is 0 Å². The predicted molar refractivity (Wildman–Crippen MR) is 97.7 cm³/mol. The highest BCUT2D eigenvalue weighted by atomic mass is 16.6. The van der Waals surface area contributed by atoms with E-state index in [0.29, 0.717) is 12.4 Å². The van der Waals surface area contributed by atoms with Crippen molar-refractivity contribution in [3.63, 3.8) is 0 Å². The molecule has 1 fully saturated rings. The summed E-state index contributed by atoms with van der Waals surface area (Å²) in [6.45, 7) is 10.4. The zero-order valence-electron chi connectivity index (χ0n) is 15.0. The predicted octanol–water partition coefficient (Wildman–Crippen LogP) is 2.70. The molecule has 2 rings (SSSR count). The topological polar surface area (TPSA) is 83.6 Å². The van der Waals surface area contributed by atoms with Gasteiger partial charge in [0.25, 0.3) is 0 Å². The molecule has 2 N–H and O–H groups in total. The Morgan fingerprint density at radius 3 is 2.84 bits per heavy atom. The first-order valence-electron chi connectivity index (χ1n) is 8.42. The summed E-state index contributed by atoms with van der Waals surface area (Å²) in [5, 5.41) is 5.57. The molecule has 7 nitrogen and oxygen atoms in total. The number of amides is 2. The van der Waals surface area contributed by atoms with Gasteiger partial charge in [0.15, 0.2) is 0 Å². The summed E-state index contributed by atoms with van der Waals surface area (Å²) in [5.41, 5.74) is -0.564. The lowest BCUT2D eigenvalue weighted by Crippen LogP contribution is -2.47. The molecule has 1 unspecified atom stereocenters. The molecule has 2 heterocycles. The van der Waals surface area contributed by atoms with Crippen molar-refractivity contribution >= 4 is 23.6 Å². The molecule has 1 aromatic heterocycles. The molecule has 1 atom stereocenters. The van der Waals surface area contributed by atoms with Crippen molar-refractivity contribution in [2.24, 2.45) is 0 Å². The van der Waals surface area contributed by atoms with Crippen LogP contribution in [0.25, 0.3) is 0 Å². The molecule has 25 heavy (non-hydrogen) atoms. The fourth-order valence-corrected chi connectivity index (χ4v) is 2.64. The number of nitrogens with zero attached hydrogens (tertiary/aromatic N) is 2. The van der Waals surface area contributed by atoms with Gasteiger partial charge in [0.1, 0.15) is 17.2 Å². The zero-order valence-corrected chi connectivity index (χ0v) is 15.0. The first-order chi connectivity index (χ1) is 11.8. The largest absolute Gasteiger partial charge is 0.444 e. The molecule has 0 saturated carbocycles. The lowest BCUT2D eigenvalue weighted by atomic mass is 10.1. The van der Waals surface area contributed by atoms with Gasteiger partial charge in [0.2, 0.25) is 5.91 Å². The number of anilines is 2. The van der Waals surface area contributed by atoms with Gasteiger partial charge in [-0.1, -0.05) is 12.6 Å². The Labute approximate surface area is 148 Å². The maximum atomic E-state index is 11.9. The highest BCUT2D eigenvalue weighted by molar-refractivity contribution is 5.87. The molecule has 0 radical (unpaired) electrons. The van der Waals surface area contributed by atoms with Crippen LogP contribution in [0.5, 0.6) is 0 Å². The fraction of sp³-hybridized carbons (Fsp3) is 0.500. The monoisotopic (exact) mass is 346 g/mol. The molecule has 136 valence electrons. The molecule has 2 amide bonds. The van der Waals surface area contributed by atoms with E-state index in [4.69, 9.17) is 4.74 Å². The SMILES string of the molecule is C=CC(=O)NC1CCCN(c2cccc(NC(=O)OC(C)(C)C)n2)C1. The van der Waals surface area contributed by atoms with Gasteiger partial charge in [-0.05, 0) is 51.8 Å². The van der Waals surface area contributed by atoms with Crippen molar-refractivity contribution in [2.45, 2.75) is 45.3 Å². The smallest absolute Gasteiger partial charge is 0.413 e. The van der Waals surface area contributed by atoms with Crippen LogP contribution in [0.4, 0.5) is 16.4 Å². The Bertz CT molecular complexity index is 639. The second-order valence-electron chi connectivity index (χ2n) is 7.01. The molecule has 1 aromatic rings. The number of ether oxygens (including phenoxy) is 1. The molecule has 7 heteroatoms. The van der Waals surface area contributed by atoms with Crippen molar-refractivity contribution in [3.8, 4) is 0 Å². The number of nitrogens with one attached hydrogen (secondary N) is 2. The first-order valence-corrected chi connectivity index (χ1v) is 8.42. The van der Waals surface area contributed by atoms with Crippen molar-refractivity contribution in [2.75, 3.05) is 23.3 Å². The molecule has 0 aliphatic carbocycles. The van der Waals surface area contributed by atoms with Crippen LogP contribution in [0, 0.1) is 0 Å². The highest BCUT2D eigenvalue weighted by Gasteiger charge is 2.22. The molecular formula is C18H26N4O3. The lowest BCUT2D eigenvalue weighted by Gasteiger charge is -2.34. The lowest BCUT2D eigenvalue weighted by molar-refractivity contribution is -0.117. The number of hydrogen-bond acceptors (Lipinski definition) is 5. The van der Waals surface area contributed by atoms with Gasteiger partial charge in [-0.15, -0.1) is 0 Å². The minimum Gasteiger partial charge on any atom is -0.444 e. The Balaban J connectivity index is 2.01. The number of piperidine rings is 1. The van der Waals surface area contributed by atoms with E-state index in [1.54, 1.807) is 6.07 Å². The fourth-order valence-electron chi connectivity index (χ4n) is 2.64. The molecule has 0 aromatic carbocycles. The number of rotatable bonds is 4. The van der Waals surface area contributed by atoms with Crippen LogP contribution < -0.4 is 15.5 Å². The summed E-state index contributed by atoms with van der Waals surface area (Å²) < 4.78 is 5.24. The Hall–Kier alpha value is -2.57. The quantitative estimate of drug-likeness (QED) is 0.819. The molecule has 0 bridgehead atoms. The summed E-state index contributed by atoms with van der Waals surface area (Å²) in [6, 6.07) is 5.50. The van der Waals surface area contributed by atoms with Crippen molar-refractivity contribution in [1.29, 1.82) is 0 Å². The van der Waals surface area contributed by atoms with Crippen LogP contribution in [0.1, 0.15) is 33.6 Å². The second-order valence-corrected chi connectivity index (χ2v) is 7.01. The molecular weight excluding hydrogens is 320 g/mol. The van der Waals surface area contributed by atoms with Gasteiger partial charge in [0.05, 0.1) is 0 Å². The highest BCUT2D eigenvalue weighted by Crippen LogP contribution is 2.20. The van der Waals surface area contributed by atoms with Crippen LogP contribution in [-0.4, -0.2) is 41.7 Å². The third-order valence-corrected chi connectivity index (χ3v) is 3.64. The number of hydrogen-bond donors (Lipinski definition) is 2. The van der Waals surface area contributed by atoms with Crippen molar-refractivity contribution in [1.82, 2.24) is 10.3 Å². The van der Waals surface area contributed by atoms with E-state index in [2.05, 4.69) is 27.1 Å². The summed E-state index contributed by atoms with van der Waals surface area (Å²) in [5.74, 6) is 1.02. The number of carbonyl (C=O) groups excluding carboxylic acids is 2. The summed E-state index contributed by atoms with van der Waals surface area (Å²) in [4.78, 5) is 29.9. The number of carbonyl (C=O) groups is 2. The van der Waals surface area contributed by atoms with Gasteiger partial charge in [0, 0.05) is 19.1 Å². The van der Waals surface area contributed by atoms with Crippen molar-refractivity contribution in [3.05, 3.63) is 30.9 Å². The Morgan fingerprint density at radius 1 is 1.40 bits per heavy atom. The van der Waals surface area contributed by atoms with Crippen LogP contribution in [0.3, 0.4) is 0 Å². The van der Waals surface area contributed by atoms with Gasteiger partial charge < -0.3 is 15.0 Å². The third-order valence-electron chi connectivity index (χ3n) is 3.64. The number of pyridine rings is 1. The Kier molecular flexibility index (Phi) is 6.01. The van der Waals surface area contributed by atoms with Crippen LogP contribution in [0.2, 0.25) is 0 Å². The van der Waals surface area contributed by atoms with E-state index < -0.39 is 11.7 Å². The van der Waals surface area contributed by atoms with E-state index in [1.807, 2.05) is 32.9 Å². The van der Waals surface area contributed by atoms with E-state index in [1.165, 1.54) is 6.08 Å². The van der Waals surface area contributed by atoms with E-state index in [-0.39, 0.29) is 11.9 Å². The van der Waals surface area contributed by atoms with Crippen molar-refractivity contribution < 1.29 is 14.3 Å².